The first kappa shape index (κ1) is 28.2. The third kappa shape index (κ3) is 10.1. The molecule has 0 rings (SSSR count). The van der Waals surface area contributed by atoms with E-state index in [9.17, 15) is 0 Å². The summed E-state index contributed by atoms with van der Waals surface area (Å²) in [6, 6.07) is 0. The van der Waals surface area contributed by atoms with Gasteiger partial charge in [0.1, 0.15) is 0 Å². The Kier molecular flexibility index (Phi) is 9.09. The molecular formula is C20H50N2O2Si2Zr. The van der Waals surface area contributed by atoms with Gasteiger partial charge >= 0.3 is 186 Å². The first-order chi connectivity index (χ1) is 11.4. The first-order valence-electron chi connectivity index (χ1n) is 10.2. The molecule has 0 aliphatic rings. The molecule has 0 heterocycles. The van der Waals surface area contributed by atoms with Crippen LogP contribution in [0.25, 0.3) is 0 Å². The Balaban J connectivity index is -0.00000338. The van der Waals surface area contributed by atoms with Crippen LogP contribution < -0.4 is 0 Å². The number of hydrogen-bond acceptors (Lipinski definition) is 4. The molecule has 0 radical (unpaired) electrons. The standard InChI is InChI=1S/2C10H24NOSi.Zr.2H/c2*1-9(2,3)11-13(7,8)12-10(4,5)6;;;/h2*1-8H3;;;/q2*-1;+4;2*-1. The summed E-state index contributed by atoms with van der Waals surface area (Å²) in [4.78, 5) is 0. The summed E-state index contributed by atoms with van der Waals surface area (Å²) in [5.74, 6) is 0. The Hall–Kier alpha value is 1.16. The van der Waals surface area contributed by atoms with Gasteiger partial charge in [-0.1, -0.05) is 0 Å². The van der Waals surface area contributed by atoms with E-state index in [0.717, 1.165) is 0 Å². The van der Waals surface area contributed by atoms with Crippen LogP contribution in [0.2, 0.25) is 26.2 Å². The second-order valence-electron chi connectivity index (χ2n) is 12.4. The molecule has 0 bridgehead atoms. The third-order valence-corrected chi connectivity index (χ3v) is 22.9. The van der Waals surface area contributed by atoms with Gasteiger partial charge in [0, 0.05) is 0 Å². The van der Waals surface area contributed by atoms with Gasteiger partial charge < -0.3 is 2.85 Å². The molecule has 0 spiro atoms. The van der Waals surface area contributed by atoms with Gasteiger partial charge in [0.25, 0.3) is 0 Å². The number of nitrogens with zero attached hydrogens (tertiary/aromatic N) is 2. The Labute approximate surface area is 188 Å². The average molecular weight is 498 g/mol. The minimum atomic E-state index is -2.05. The summed E-state index contributed by atoms with van der Waals surface area (Å²) in [6.07, 6.45) is 0. The van der Waals surface area contributed by atoms with E-state index < -0.39 is 40.8 Å². The fourth-order valence-electron chi connectivity index (χ4n) is 3.85. The van der Waals surface area contributed by atoms with Crippen molar-refractivity contribution in [1.82, 2.24) is 5.02 Å². The molecule has 0 saturated heterocycles. The van der Waals surface area contributed by atoms with Gasteiger partial charge in [0.05, 0.1) is 0 Å². The molecule has 0 unspecified atom stereocenters. The van der Waals surface area contributed by atoms with E-state index in [1.807, 2.05) is 0 Å². The summed E-state index contributed by atoms with van der Waals surface area (Å²) in [5, 5.41) is 0. The van der Waals surface area contributed by atoms with Gasteiger partial charge in [-0.25, -0.2) is 0 Å². The van der Waals surface area contributed by atoms with Crippen molar-refractivity contribution >= 4 is 17.0 Å². The maximum atomic E-state index is 6.70. The number of rotatable bonds is 6. The van der Waals surface area contributed by atoms with E-state index in [0.29, 0.717) is 0 Å². The van der Waals surface area contributed by atoms with Gasteiger partial charge in [-0.15, -0.1) is 0 Å². The van der Waals surface area contributed by atoms with E-state index in [1.165, 1.54) is 0 Å². The van der Waals surface area contributed by atoms with Crippen LogP contribution in [0, 0.1) is 0 Å². The predicted octanol–water partition coefficient (Wildman–Crippen LogP) is 6.36. The Bertz CT molecular complexity index is 451. The first-order valence-corrected chi connectivity index (χ1v) is 18.1. The zero-order chi connectivity index (χ0) is 22.3. The average Bonchev–Trinajstić information content (AvgIpc) is 2.15. The largest absolute Gasteiger partial charge is 1.00 e. The second-order valence-corrected chi connectivity index (χ2v) is 24.4. The Morgan fingerprint density at radius 3 is 0.926 bits per heavy atom. The molecule has 0 aromatic rings. The molecule has 0 aromatic carbocycles. The molecule has 0 aliphatic carbocycles. The van der Waals surface area contributed by atoms with Crippen molar-refractivity contribution in [2.75, 3.05) is 0 Å². The fourth-order valence-corrected chi connectivity index (χ4v) is 18.7. The molecule has 0 amide bonds. The van der Waals surface area contributed by atoms with E-state index in [2.05, 4.69) is 114 Å². The van der Waals surface area contributed by atoms with E-state index in [1.54, 1.807) is 0 Å². The third-order valence-electron chi connectivity index (χ3n) is 3.73. The summed E-state index contributed by atoms with van der Waals surface area (Å²) < 4.78 is 18.9. The van der Waals surface area contributed by atoms with Gasteiger partial charge in [-0.05, 0) is 0 Å². The van der Waals surface area contributed by atoms with Crippen LogP contribution in [-0.2, 0) is 32.7 Å². The van der Waals surface area contributed by atoms with E-state index >= 15 is 0 Å². The SMILES string of the molecule is CC(C)(C)O[Si](C)(C)[N]([Zr+2][N](C(C)(C)C)[Si](C)(C)OC(C)(C)C)C(C)(C)C.[H-].[H-]. The molecule has 0 aliphatic heterocycles. The second kappa shape index (κ2) is 8.72. The summed E-state index contributed by atoms with van der Waals surface area (Å²) in [6.45, 7) is 36.6. The maximum absolute atomic E-state index is 6.70. The maximum Gasteiger partial charge on any atom is -1.00 e. The molecule has 0 atom stereocenters. The topological polar surface area (TPSA) is 24.9 Å². The normalized spacial score (nSPS) is 15.5. The van der Waals surface area contributed by atoms with Gasteiger partial charge in [0.2, 0.25) is 0 Å². The quantitative estimate of drug-likeness (QED) is 0.399. The number of hydrogen-bond donors (Lipinski definition) is 0. The van der Waals surface area contributed by atoms with Gasteiger partial charge in [-0.3, -0.25) is 0 Å². The minimum Gasteiger partial charge on any atom is -1.00 e. The summed E-state index contributed by atoms with van der Waals surface area (Å²) in [7, 11) is -4.10. The molecule has 0 aromatic heterocycles. The summed E-state index contributed by atoms with van der Waals surface area (Å²) in [5.41, 5.74) is -0.0776. The zero-order valence-corrected chi connectivity index (χ0v) is 25.7. The van der Waals surface area contributed by atoms with Crippen molar-refractivity contribution in [3.05, 3.63) is 0 Å². The van der Waals surface area contributed by atoms with Gasteiger partial charge in [0.15, 0.2) is 0 Å². The van der Waals surface area contributed by atoms with Crippen molar-refractivity contribution in [1.29, 1.82) is 0 Å². The van der Waals surface area contributed by atoms with Crippen LogP contribution in [0.5, 0.6) is 0 Å². The van der Waals surface area contributed by atoms with Crippen LogP contribution in [-0.4, -0.2) is 44.3 Å². The van der Waals surface area contributed by atoms with Crippen molar-refractivity contribution < 1.29 is 35.5 Å². The minimum absolute atomic E-state index is 0. The molecule has 7 heteroatoms. The molecule has 0 fully saturated rings. The molecule has 0 N–H and O–H groups in total. The molecular weight excluding hydrogens is 448 g/mol. The predicted molar refractivity (Wildman–Crippen MR) is 122 cm³/mol. The Morgan fingerprint density at radius 2 is 0.778 bits per heavy atom. The molecule has 27 heavy (non-hydrogen) atoms. The van der Waals surface area contributed by atoms with Crippen LogP contribution in [0.15, 0.2) is 0 Å². The fraction of sp³-hybridized carbons (Fsp3) is 1.00. The summed E-state index contributed by atoms with van der Waals surface area (Å²) >= 11 is -1.14. The van der Waals surface area contributed by atoms with Crippen LogP contribution in [0.3, 0.4) is 0 Å². The van der Waals surface area contributed by atoms with Crippen molar-refractivity contribution in [3.8, 4) is 0 Å². The Morgan fingerprint density at radius 1 is 0.556 bits per heavy atom. The molecule has 0 saturated carbocycles. The smallest absolute Gasteiger partial charge is 1.00 e. The molecule has 4 nitrogen and oxygen atoms in total. The van der Waals surface area contributed by atoms with Crippen molar-refractivity contribution in [2.24, 2.45) is 0 Å². The van der Waals surface area contributed by atoms with Crippen molar-refractivity contribution in [2.45, 2.75) is 132 Å². The van der Waals surface area contributed by atoms with Crippen molar-refractivity contribution in [3.63, 3.8) is 0 Å². The van der Waals surface area contributed by atoms with Crippen LogP contribution >= 0.6 is 0 Å². The van der Waals surface area contributed by atoms with Crippen LogP contribution in [0.1, 0.15) is 85.9 Å². The van der Waals surface area contributed by atoms with Crippen LogP contribution in [0.4, 0.5) is 0 Å². The van der Waals surface area contributed by atoms with Gasteiger partial charge in [-0.2, -0.15) is 0 Å². The molecule has 164 valence electrons. The van der Waals surface area contributed by atoms with E-state index in [-0.39, 0.29) is 25.1 Å². The van der Waals surface area contributed by atoms with E-state index in [4.69, 9.17) is 8.85 Å². The zero-order valence-electron chi connectivity index (χ0n) is 23.2. The monoisotopic (exact) mass is 496 g/mol.